The molecule has 4 rings (SSSR count). The Morgan fingerprint density at radius 3 is 2.03 bits per heavy atom. The van der Waals surface area contributed by atoms with Gasteiger partial charge >= 0.3 is 6.18 Å². The standard InChI is InChI=1S/C28H29F3N4O/c1-19-7-11-21(12-8-19)15-23(17-33-26(36)16-28(29,30)31)35-25-6-4-3-5-24(25)34(27(35)32)18-22-13-9-20(2)10-14-22/h3-14,23,32H,15-18H2,1-2H3,(H,33,36). The Morgan fingerprint density at radius 2 is 1.44 bits per heavy atom. The van der Waals surface area contributed by atoms with Crippen molar-refractivity contribution in [2.24, 2.45) is 0 Å². The average molecular weight is 495 g/mol. The summed E-state index contributed by atoms with van der Waals surface area (Å²) in [6, 6.07) is 23.1. The summed E-state index contributed by atoms with van der Waals surface area (Å²) in [7, 11) is 0. The lowest BCUT2D eigenvalue weighted by Gasteiger charge is -2.21. The van der Waals surface area contributed by atoms with Crippen molar-refractivity contribution in [1.82, 2.24) is 14.5 Å². The molecule has 1 atom stereocenters. The van der Waals surface area contributed by atoms with Gasteiger partial charge in [-0.05, 0) is 43.5 Å². The molecule has 2 N–H and O–H groups in total. The lowest BCUT2D eigenvalue weighted by molar-refractivity contribution is -0.153. The van der Waals surface area contributed by atoms with Crippen molar-refractivity contribution in [2.45, 2.75) is 45.5 Å². The van der Waals surface area contributed by atoms with Gasteiger partial charge in [-0.2, -0.15) is 13.2 Å². The monoisotopic (exact) mass is 494 g/mol. The van der Waals surface area contributed by atoms with Crippen LogP contribution in [0, 0.1) is 19.3 Å². The highest BCUT2D eigenvalue weighted by Gasteiger charge is 2.31. The van der Waals surface area contributed by atoms with E-state index in [-0.39, 0.29) is 12.2 Å². The molecule has 0 fully saturated rings. The molecule has 0 radical (unpaired) electrons. The van der Waals surface area contributed by atoms with Gasteiger partial charge < -0.3 is 14.5 Å². The summed E-state index contributed by atoms with van der Waals surface area (Å²) in [6.45, 7) is 4.44. The number of para-hydroxylation sites is 2. The van der Waals surface area contributed by atoms with Crippen LogP contribution in [0.25, 0.3) is 11.0 Å². The van der Waals surface area contributed by atoms with Crippen LogP contribution in [0.2, 0.25) is 0 Å². The van der Waals surface area contributed by atoms with Gasteiger partial charge in [-0.25, -0.2) is 0 Å². The Morgan fingerprint density at radius 1 is 0.889 bits per heavy atom. The van der Waals surface area contributed by atoms with Crippen LogP contribution in [-0.2, 0) is 17.8 Å². The molecule has 3 aromatic carbocycles. The number of hydrogen-bond donors (Lipinski definition) is 2. The van der Waals surface area contributed by atoms with Gasteiger partial charge in [-0.3, -0.25) is 10.2 Å². The summed E-state index contributed by atoms with van der Waals surface area (Å²) in [6.07, 6.45) is -5.66. The lowest BCUT2D eigenvalue weighted by atomic mass is 10.0. The van der Waals surface area contributed by atoms with Crippen LogP contribution in [0.3, 0.4) is 0 Å². The van der Waals surface area contributed by atoms with Gasteiger partial charge in [-0.1, -0.05) is 71.8 Å². The number of hydrogen-bond acceptors (Lipinski definition) is 2. The van der Waals surface area contributed by atoms with Crippen LogP contribution in [0.5, 0.6) is 0 Å². The van der Waals surface area contributed by atoms with Gasteiger partial charge in [-0.15, -0.1) is 0 Å². The minimum absolute atomic E-state index is 0.0299. The smallest absolute Gasteiger partial charge is 0.354 e. The molecule has 0 aliphatic rings. The number of nitrogens with one attached hydrogen (secondary N) is 2. The number of carbonyl (C=O) groups is 1. The molecule has 36 heavy (non-hydrogen) atoms. The van der Waals surface area contributed by atoms with Gasteiger partial charge in [0.1, 0.15) is 6.42 Å². The second kappa shape index (κ2) is 10.4. The van der Waals surface area contributed by atoms with Crippen LogP contribution in [0.1, 0.15) is 34.7 Å². The van der Waals surface area contributed by atoms with E-state index in [4.69, 9.17) is 5.41 Å². The molecule has 8 heteroatoms. The molecule has 5 nitrogen and oxygen atoms in total. The number of nitrogens with zero attached hydrogens (tertiary/aromatic N) is 2. The van der Waals surface area contributed by atoms with E-state index in [1.165, 1.54) is 0 Å². The molecule has 0 saturated heterocycles. The van der Waals surface area contributed by atoms with Crippen LogP contribution in [-0.4, -0.2) is 27.8 Å². The fourth-order valence-corrected chi connectivity index (χ4v) is 4.39. The highest BCUT2D eigenvalue weighted by atomic mass is 19.4. The Hall–Kier alpha value is -3.81. The van der Waals surface area contributed by atoms with Crippen molar-refractivity contribution < 1.29 is 18.0 Å². The molecule has 4 aromatic rings. The number of halogens is 3. The Labute approximate surface area is 207 Å². The van der Waals surface area contributed by atoms with Gasteiger partial charge in [0.25, 0.3) is 0 Å². The zero-order valence-electron chi connectivity index (χ0n) is 20.3. The molecule has 1 aromatic heterocycles. The molecular formula is C28H29F3N4O. The maximum atomic E-state index is 12.7. The van der Waals surface area contributed by atoms with E-state index in [1.54, 1.807) is 0 Å². The summed E-state index contributed by atoms with van der Waals surface area (Å²) in [5.41, 5.74) is 6.10. The van der Waals surface area contributed by atoms with Crippen molar-refractivity contribution >= 4 is 16.9 Å². The third-order valence-corrected chi connectivity index (χ3v) is 6.23. The van der Waals surface area contributed by atoms with Crippen molar-refractivity contribution in [2.75, 3.05) is 6.54 Å². The molecule has 1 unspecified atom stereocenters. The first-order valence-corrected chi connectivity index (χ1v) is 11.8. The predicted octanol–water partition coefficient (Wildman–Crippen LogP) is 5.44. The average Bonchev–Trinajstić information content (AvgIpc) is 3.09. The SMILES string of the molecule is Cc1ccc(CC(CNC(=O)CC(F)(F)F)n2c(=N)n(Cc3ccc(C)cc3)c3ccccc32)cc1. The first-order valence-electron chi connectivity index (χ1n) is 11.8. The fraction of sp³-hybridized carbons (Fsp3) is 0.286. The van der Waals surface area contributed by atoms with Crippen molar-refractivity contribution in [1.29, 1.82) is 5.41 Å². The van der Waals surface area contributed by atoms with Gasteiger partial charge in [0.2, 0.25) is 11.5 Å². The summed E-state index contributed by atoms with van der Waals surface area (Å²) in [4.78, 5) is 12.0. The van der Waals surface area contributed by atoms with E-state index < -0.39 is 24.5 Å². The number of carbonyl (C=O) groups excluding carboxylic acids is 1. The number of benzene rings is 3. The van der Waals surface area contributed by atoms with Gasteiger partial charge in [0.15, 0.2) is 0 Å². The van der Waals surface area contributed by atoms with E-state index in [9.17, 15) is 18.0 Å². The molecule has 0 aliphatic carbocycles. The van der Waals surface area contributed by atoms with Crippen LogP contribution < -0.4 is 10.9 Å². The van der Waals surface area contributed by atoms with Crippen molar-refractivity contribution in [3.8, 4) is 0 Å². The third-order valence-electron chi connectivity index (χ3n) is 6.23. The predicted molar refractivity (Wildman–Crippen MR) is 134 cm³/mol. The third kappa shape index (κ3) is 6.05. The summed E-state index contributed by atoms with van der Waals surface area (Å²) in [5.74, 6) is -1.08. The summed E-state index contributed by atoms with van der Waals surface area (Å²) < 4.78 is 41.9. The summed E-state index contributed by atoms with van der Waals surface area (Å²) >= 11 is 0. The Balaban J connectivity index is 1.74. The molecule has 0 aliphatic heterocycles. The molecule has 1 amide bonds. The Bertz CT molecular complexity index is 1400. The van der Waals surface area contributed by atoms with Gasteiger partial charge in [0.05, 0.1) is 23.6 Å². The number of fused-ring (bicyclic) bond motifs is 1. The second-order valence-corrected chi connectivity index (χ2v) is 9.19. The fourth-order valence-electron chi connectivity index (χ4n) is 4.39. The van der Waals surface area contributed by atoms with Crippen LogP contribution in [0.15, 0.2) is 72.8 Å². The zero-order valence-corrected chi connectivity index (χ0v) is 20.3. The highest BCUT2D eigenvalue weighted by Crippen LogP contribution is 2.23. The molecule has 0 bridgehead atoms. The summed E-state index contributed by atoms with van der Waals surface area (Å²) in [5, 5.41) is 11.5. The molecule has 1 heterocycles. The van der Waals surface area contributed by atoms with Crippen molar-refractivity contribution in [3.63, 3.8) is 0 Å². The van der Waals surface area contributed by atoms with E-state index in [2.05, 4.69) is 5.32 Å². The zero-order chi connectivity index (χ0) is 25.9. The molecular weight excluding hydrogens is 465 g/mol. The topological polar surface area (TPSA) is 62.8 Å². The van der Waals surface area contributed by atoms with E-state index in [0.717, 1.165) is 33.3 Å². The van der Waals surface area contributed by atoms with E-state index >= 15 is 0 Å². The molecule has 0 spiro atoms. The number of rotatable bonds is 8. The van der Waals surface area contributed by atoms with E-state index in [1.807, 2.05) is 95.8 Å². The maximum Gasteiger partial charge on any atom is 0.397 e. The largest absolute Gasteiger partial charge is 0.397 e. The highest BCUT2D eigenvalue weighted by molar-refractivity contribution is 5.77. The van der Waals surface area contributed by atoms with E-state index in [0.29, 0.717) is 13.0 Å². The van der Waals surface area contributed by atoms with Gasteiger partial charge in [0, 0.05) is 6.54 Å². The number of aromatic nitrogens is 2. The first kappa shape index (κ1) is 25.3. The number of amides is 1. The van der Waals surface area contributed by atoms with Crippen LogP contribution >= 0.6 is 0 Å². The normalized spacial score (nSPS) is 12.6. The lowest BCUT2D eigenvalue weighted by Crippen LogP contribution is -2.38. The molecule has 188 valence electrons. The van der Waals surface area contributed by atoms with Crippen LogP contribution in [0.4, 0.5) is 13.2 Å². The Kier molecular flexibility index (Phi) is 7.33. The number of aryl methyl sites for hydroxylation is 2. The quantitative estimate of drug-likeness (QED) is 0.337. The number of alkyl halides is 3. The number of imidazole rings is 1. The minimum Gasteiger partial charge on any atom is -0.354 e. The molecule has 0 saturated carbocycles. The second-order valence-electron chi connectivity index (χ2n) is 9.19. The van der Waals surface area contributed by atoms with Crippen molar-refractivity contribution in [3.05, 3.63) is 101 Å². The first-order chi connectivity index (χ1) is 17.1. The minimum atomic E-state index is -4.58. The maximum absolute atomic E-state index is 12.7.